The fourth-order valence-electron chi connectivity index (χ4n) is 10.2. The molecule has 0 atom stereocenters. The normalized spacial score (nSPS) is 11.7. The summed E-state index contributed by atoms with van der Waals surface area (Å²) in [6.07, 6.45) is 8.91. The predicted molar refractivity (Wildman–Crippen MR) is 294 cm³/mol. The van der Waals surface area contributed by atoms with Gasteiger partial charge in [0.05, 0.1) is 0 Å². The Balaban J connectivity index is 0.922. The van der Waals surface area contributed by atoms with Crippen LogP contribution in [0.2, 0.25) is 0 Å². The molecule has 0 aliphatic heterocycles. The highest BCUT2D eigenvalue weighted by Gasteiger charge is 2.20. The Hall–Kier alpha value is -8.84. The molecule has 0 amide bonds. The summed E-state index contributed by atoms with van der Waals surface area (Å²) in [6, 6.07) is 92.9. The van der Waals surface area contributed by atoms with Crippen molar-refractivity contribution in [2.24, 2.45) is 0 Å². The van der Waals surface area contributed by atoms with E-state index in [-0.39, 0.29) is 0 Å². The second-order valence-corrected chi connectivity index (χ2v) is 17.6. The summed E-state index contributed by atoms with van der Waals surface area (Å²) >= 11 is 0. The molecule has 0 bridgehead atoms. The number of hydrogen-bond acceptors (Lipinski definition) is 0. The first-order valence-corrected chi connectivity index (χ1v) is 23.5. The average molecular weight is 863 g/mol. The Morgan fingerprint density at radius 3 is 1.18 bits per heavy atom. The van der Waals surface area contributed by atoms with Crippen molar-refractivity contribution in [2.75, 3.05) is 0 Å². The summed E-state index contributed by atoms with van der Waals surface area (Å²) in [5.41, 5.74) is 16.9. The van der Waals surface area contributed by atoms with E-state index in [1.54, 1.807) is 0 Å². The lowest BCUT2D eigenvalue weighted by Gasteiger charge is -2.20. The summed E-state index contributed by atoms with van der Waals surface area (Å²) in [4.78, 5) is 0. The Morgan fingerprint density at radius 2 is 0.618 bits per heavy atom. The fourth-order valence-corrected chi connectivity index (χ4v) is 10.2. The lowest BCUT2D eigenvalue weighted by molar-refractivity contribution is 1.58. The van der Waals surface area contributed by atoms with E-state index in [1.807, 2.05) is 0 Å². The minimum absolute atomic E-state index is 1.17. The molecular weight excluding hydrogens is 817 g/mol. The maximum atomic E-state index is 2.32. The molecule has 0 unspecified atom stereocenters. The predicted octanol–water partition coefficient (Wildman–Crippen LogP) is 19.0. The van der Waals surface area contributed by atoms with Crippen molar-refractivity contribution >= 4 is 67.4 Å². The van der Waals surface area contributed by atoms with Crippen molar-refractivity contribution in [2.45, 2.75) is 0 Å². The van der Waals surface area contributed by atoms with Crippen LogP contribution in [-0.2, 0) is 0 Å². The highest BCUT2D eigenvalue weighted by Crippen LogP contribution is 2.47. The van der Waals surface area contributed by atoms with Gasteiger partial charge in [0.25, 0.3) is 0 Å². The van der Waals surface area contributed by atoms with Gasteiger partial charge in [0, 0.05) is 0 Å². The molecule has 0 spiro atoms. The standard InChI is InChI=1S/C68H46/c1-2-17-53(18-3-1)62-31-14-32-65-66(56-41-37-49(38-42-56)58-25-10-15-47(45-58)33-35-54-23-12-21-51-19-4-6-27-60(51)54)63-29-8-9-30-64(63)67(68(62)65)57-43-39-50(40-44-57)59-26-11-16-48(46-59)34-36-55-24-13-22-52-20-5-7-28-61(52)55/h1-46H. The molecule has 0 heteroatoms. The lowest BCUT2D eigenvalue weighted by Crippen LogP contribution is -1.93. The number of fused-ring (bicyclic) bond motifs is 4. The van der Waals surface area contributed by atoms with Gasteiger partial charge in [-0.3, -0.25) is 0 Å². The fraction of sp³-hybridized carbons (Fsp3) is 0. The summed E-state index contributed by atoms with van der Waals surface area (Å²) in [6.45, 7) is 0. The molecule has 0 nitrogen and oxygen atoms in total. The summed E-state index contributed by atoms with van der Waals surface area (Å²) in [5.74, 6) is 0. The van der Waals surface area contributed by atoms with E-state index >= 15 is 0 Å². The van der Waals surface area contributed by atoms with Crippen LogP contribution in [0.3, 0.4) is 0 Å². The van der Waals surface area contributed by atoms with Crippen LogP contribution in [0.15, 0.2) is 255 Å². The molecule has 318 valence electrons. The van der Waals surface area contributed by atoms with E-state index in [0.29, 0.717) is 0 Å². The van der Waals surface area contributed by atoms with E-state index in [9.17, 15) is 0 Å². The van der Waals surface area contributed by atoms with Crippen LogP contribution in [0.5, 0.6) is 0 Å². The monoisotopic (exact) mass is 862 g/mol. The van der Waals surface area contributed by atoms with E-state index in [1.165, 1.54) is 121 Å². The Kier molecular flexibility index (Phi) is 10.7. The zero-order chi connectivity index (χ0) is 45.2. The smallest absolute Gasteiger partial charge is 0.00141 e. The third kappa shape index (κ3) is 7.79. The van der Waals surface area contributed by atoms with Gasteiger partial charge in [0.1, 0.15) is 0 Å². The largest absolute Gasteiger partial charge is 0.0622 e. The van der Waals surface area contributed by atoms with Crippen molar-refractivity contribution in [3.8, 4) is 55.6 Å². The van der Waals surface area contributed by atoms with Crippen LogP contribution in [-0.4, -0.2) is 0 Å². The molecule has 0 N–H and O–H groups in total. The molecule has 0 fully saturated rings. The van der Waals surface area contributed by atoms with Crippen LogP contribution < -0.4 is 0 Å². The molecule has 12 rings (SSSR count). The second-order valence-electron chi connectivity index (χ2n) is 17.6. The van der Waals surface area contributed by atoms with Gasteiger partial charge in [-0.05, 0) is 133 Å². The van der Waals surface area contributed by atoms with Gasteiger partial charge < -0.3 is 0 Å². The van der Waals surface area contributed by atoms with Crippen LogP contribution in [0.1, 0.15) is 22.3 Å². The molecule has 0 saturated carbocycles. The first kappa shape index (κ1) is 40.7. The first-order chi connectivity index (χ1) is 33.7. The molecule has 12 aromatic carbocycles. The van der Waals surface area contributed by atoms with Gasteiger partial charge in [-0.2, -0.15) is 0 Å². The molecule has 0 aliphatic carbocycles. The van der Waals surface area contributed by atoms with Gasteiger partial charge in [-0.1, -0.05) is 267 Å². The minimum atomic E-state index is 1.17. The molecule has 0 saturated heterocycles. The van der Waals surface area contributed by atoms with Gasteiger partial charge in [-0.15, -0.1) is 0 Å². The average Bonchev–Trinajstić information content (AvgIpc) is 3.41. The van der Waals surface area contributed by atoms with Crippen molar-refractivity contribution in [1.82, 2.24) is 0 Å². The molecule has 0 aromatic heterocycles. The molecule has 12 aromatic rings. The Morgan fingerprint density at radius 1 is 0.221 bits per heavy atom. The second kappa shape index (κ2) is 17.9. The zero-order valence-corrected chi connectivity index (χ0v) is 37.6. The minimum Gasteiger partial charge on any atom is -0.0622 e. The molecule has 0 radical (unpaired) electrons. The maximum absolute atomic E-state index is 2.32. The highest BCUT2D eigenvalue weighted by atomic mass is 14.2. The van der Waals surface area contributed by atoms with Crippen molar-refractivity contribution < 1.29 is 0 Å². The SMILES string of the molecule is C(=Cc1cccc2ccccc12)c1cccc(-c2ccc(-c3c4ccccc4c(-c4ccc(-c5cccc(C=Cc6cccc7ccccc67)c5)cc4)c4c(-c5ccccc5)cccc34)cc2)c1. The quantitative estimate of drug-likeness (QED) is 0.100. The number of rotatable bonds is 9. The molecule has 68 heavy (non-hydrogen) atoms. The number of hydrogen-bond donors (Lipinski definition) is 0. The van der Waals surface area contributed by atoms with Gasteiger partial charge in [0.15, 0.2) is 0 Å². The Bertz CT molecular complexity index is 3860. The van der Waals surface area contributed by atoms with Gasteiger partial charge in [0.2, 0.25) is 0 Å². The van der Waals surface area contributed by atoms with Gasteiger partial charge in [-0.25, -0.2) is 0 Å². The van der Waals surface area contributed by atoms with Crippen LogP contribution >= 0.6 is 0 Å². The van der Waals surface area contributed by atoms with Gasteiger partial charge >= 0.3 is 0 Å². The van der Waals surface area contributed by atoms with Crippen LogP contribution in [0, 0.1) is 0 Å². The van der Waals surface area contributed by atoms with Crippen LogP contribution in [0.25, 0.3) is 123 Å². The van der Waals surface area contributed by atoms with E-state index in [0.717, 1.165) is 0 Å². The van der Waals surface area contributed by atoms with Crippen molar-refractivity contribution in [3.63, 3.8) is 0 Å². The van der Waals surface area contributed by atoms with Crippen LogP contribution in [0.4, 0.5) is 0 Å². The third-order valence-corrected chi connectivity index (χ3v) is 13.5. The summed E-state index contributed by atoms with van der Waals surface area (Å²) in [7, 11) is 0. The third-order valence-electron chi connectivity index (χ3n) is 13.5. The first-order valence-electron chi connectivity index (χ1n) is 23.5. The molecule has 0 aliphatic rings. The molecular formula is C68H46. The van der Waals surface area contributed by atoms with Crippen molar-refractivity contribution in [3.05, 3.63) is 277 Å². The van der Waals surface area contributed by atoms with E-state index in [4.69, 9.17) is 0 Å². The van der Waals surface area contributed by atoms with E-state index < -0.39 is 0 Å². The summed E-state index contributed by atoms with van der Waals surface area (Å²) < 4.78 is 0. The Labute approximate surface area is 398 Å². The highest BCUT2D eigenvalue weighted by molar-refractivity contribution is 6.24. The molecule has 0 heterocycles. The number of benzene rings is 12. The maximum Gasteiger partial charge on any atom is -0.00141 e. The lowest BCUT2D eigenvalue weighted by atomic mass is 9.82. The van der Waals surface area contributed by atoms with Crippen molar-refractivity contribution in [1.29, 1.82) is 0 Å². The zero-order valence-electron chi connectivity index (χ0n) is 37.6. The topological polar surface area (TPSA) is 0 Å². The summed E-state index contributed by atoms with van der Waals surface area (Å²) in [5, 5.41) is 10.0. The van der Waals surface area contributed by atoms with E-state index in [2.05, 4.69) is 279 Å².